The largest absolute Gasteiger partial charge is 0.354 e. The van der Waals surface area contributed by atoms with E-state index in [9.17, 15) is 14.5 Å². The molecule has 21 heavy (non-hydrogen) atoms. The van der Waals surface area contributed by atoms with Gasteiger partial charge in [-0.05, 0) is 25.1 Å². The van der Waals surface area contributed by atoms with Gasteiger partial charge in [0.15, 0.2) is 0 Å². The molecule has 0 spiro atoms. The summed E-state index contributed by atoms with van der Waals surface area (Å²) in [6, 6.07) is 3.66. The van der Waals surface area contributed by atoms with E-state index in [4.69, 9.17) is 11.6 Å². The quantitative estimate of drug-likeness (QED) is 0.649. The number of nitrogens with zero attached hydrogens (tertiary/aromatic N) is 3. The van der Waals surface area contributed by atoms with Crippen LogP contribution >= 0.6 is 11.6 Å². The number of nitrogens with one attached hydrogen (secondary N) is 2. The van der Waals surface area contributed by atoms with Gasteiger partial charge in [-0.15, -0.1) is 0 Å². The highest BCUT2D eigenvalue weighted by Gasteiger charge is 2.18. The summed E-state index contributed by atoms with van der Waals surface area (Å²) in [6.45, 7) is 2.39. The first-order valence-corrected chi connectivity index (χ1v) is 6.36. The summed E-state index contributed by atoms with van der Waals surface area (Å²) >= 11 is 5.92. The van der Waals surface area contributed by atoms with Gasteiger partial charge in [0.05, 0.1) is 15.6 Å². The maximum atomic E-state index is 13.2. The highest BCUT2D eigenvalue weighted by molar-refractivity contribution is 6.33. The molecule has 9 heteroatoms. The van der Waals surface area contributed by atoms with Gasteiger partial charge in [0.25, 0.3) is 0 Å². The van der Waals surface area contributed by atoms with Gasteiger partial charge < -0.3 is 10.6 Å². The molecule has 2 N–H and O–H groups in total. The number of hydrogen-bond acceptors (Lipinski definition) is 6. The number of anilines is 3. The third-order valence-corrected chi connectivity index (χ3v) is 2.81. The smallest absolute Gasteiger partial charge is 0.329 e. The third-order valence-electron chi connectivity index (χ3n) is 2.48. The van der Waals surface area contributed by atoms with Crippen molar-refractivity contribution in [2.75, 3.05) is 17.2 Å². The molecule has 2 rings (SSSR count). The lowest BCUT2D eigenvalue weighted by molar-refractivity contribution is -0.384. The van der Waals surface area contributed by atoms with Gasteiger partial charge in [0.2, 0.25) is 11.8 Å². The molecule has 1 aromatic heterocycles. The molecule has 0 bridgehead atoms. The van der Waals surface area contributed by atoms with Crippen LogP contribution in [0, 0.1) is 15.9 Å². The van der Waals surface area contributed by atoms with Crippen molar-refractivity contribution in [3.8, 4) is 0 Å². The Morgan fingerprint density at radius 1 is 1.48 bits per heavy atom. The lowest BCUT2D eigenvalue weighted by atomic mass is 10.3. The van der Waals surface area contributed by atoms with Crippen LogP contribution in [0.1, 0.15) is 6.92 Å². The molecular weight excluding hydrogens is 301 g/mol. The lowest BCUT2D eigenvalue weighted by Crippen LogP contribution is -2.07. The zero-order valence-corrected chi connectivity index (χ0v) is 11.7. The zero-order valence-electron chi connectivity index (χ0n) is 10.9. The fourth-order valence-electron chi connectivity index (χ4n) is 1.57. The van der Waals surface area contributed by atoms with E-state index in [2.05, 4.69) is 20.6 Å². The highest BCUT2D eigenvalue weighted by Crippen LogP contribution is 2.30. The normalized spacial score (nSPS) is 10.2. The maximum Gasteiger partial charge on any atom is 0.329 e. The predicted octanol–water partition coefficient (Wildman–Crippen LogP) is 3.35. The average Bonchev–Trinajstić information content (AvgIpc) is 2.43. The fourth-order valence-corrected chi connectivity index (χ4v) is 1.73. The van der Waals surface area contributed by atoms with Crippen molar-refractivity contribution in [3.63, 3.8) is 0 Å². The lowest BCUT2D eigenvalue weighted by Gasteiger charge is -2.09. The molecule has 0 unspecified atom stereocenters. The number of nitro groups is 1. The van der Waals surface area contributed by atoms with Crippen molar-refractivity contribution in [1.82, 2.24) is 9.97 Å². The molecule has 0 atom stereocenters. The van der Waals surface area contributed by atoms with Gasteiger partial charge in [-0.2, -0.15) is 4.98 Å². The minimum absolute atomic E-state index is 0.0709. The Hall–Kier alpha value is -2.48. The summed E-state index contributed by atoms with van der Waals surface area (Å²) < 4.78 is 13.2. The summed E-state index contributed by atoms with van der Waals surface area (Å²) in [5.41, 5.74) is -0.155. The number of aromatic nitrogens is 2. The SMILES string of the molecule is CCNc1ncc([N+](=O)[O-])c(Nc2cc(F)ccc2Cl)n1. The topological polar surface area (TPSA) is 93.0 Å². The van der Waals surface area contributed by atoms with Gasteiger partial charge in [-0.25, -0.2) is 9.37 Å². The van der Waals surface area contributed by atoms with Crippen LogP contribution in [-0.4, -0.2) is 21.4 Å². The predicted molar refractivity (Wildman–Crippen MR) is 77.5 cm³/mol. The van der Waals surface area contributed by atoms with Crippen LogP contribution in [0.3, 0.4) is 0 Å². The molecule has 1 aromatic carbocycles. The Balaban J connectivity index is 2.43. The van der Waals surface area contributed by atoms with E-state index in [0.717, 1.165) is 12.3 Å². The molecule has 1 heterocycles. The first-order chi connectivity index (χ1) is 10.0. The third kappa shape index (κ3) is 3.54. The Morgan fingerprint density at radius 2 is 2.24 bits per heavy atom. The Bertz CT molecular complexity index is 683. The summed E-state index contributed by atoms with van der Waals surface area (Å²) in [5.74, 6) is -0.373. The van der Waals surface area contributed by atoms with Crippen LogP contribution in [0.25, 0.3) is 0 Å². The molecule has 0 aliphatic rings. The highest BCUT2D eigenvalue weighted by atomic mass is 35.5. The van der Waals surface area contributed by atoms with Crippen LogP contribution in [-0.2, 0) is 0 Å². The van der Waals surface area contributed by atoms with Gasteiger partial charge in [0.1, 0.15) is 12.0 Å². The maximum absolute atomic E-state index is 13.2. The Kier molecular flexibility index (Phi) is 4.49. The second kappa shape index (κ2) is 6.31. The molecule has 0 saturated carbocycles. The molecule has 110 valence electrons. The summed E-state index contributed by atoms with van der Waals surface area (Å²) in [5, 5.41) is 16.7. The second-order valence-electron chi connectivity index (χ2n) is 3.96. The number of benzene rings is 1. The zero-order chi connectivity index (χ0) is 15.4. The van der Waals surface area contributed by atoms with Gasteiger partial charge in [0, 0.05) is 6.54 Å². The van der Waals surface area contributed by atoms with Gasteiger partial charge in [-0.1, -0.05) is 11.6 Å². The van der Waals surface area contributed by atoms with Crippen LogP contribution in [0.5, 0.6) is 0 Å². The Morgan fingerprint density at radius 3 is 2.90 bits per heavy atom. The van der Waals surface area contributed by atoms with Gasteiger partial charge >= 0.3 is 5.69 Å². The number of rotatable bonds is 5. The van der Waals surface area contributed by atoms with Crippen molar-refractivity contribution in [2.45, 2.75) is 6.92 Å². The van der Waals surface area contributed by atoms with Crippen LogP contribution < -0.4 is 10.6 Å². The van der Waals surface area contributed by atoms with E-state index in [1.807, 2.05) is 6.92 Å². The summed E-state index contributed by atoms with van der Waals surface area (Å²) in [7, 11) is 0. The van der Waals surface area contributed by atoms with E-state index in [0.29, 0.717) is 6.54 Å². The summed E-state index contributed by atoms with van der Waals surface area (Å²) in [6.07, 6.45) is 1.07. The van der Waals surface area contributed by atoms with E-state index < -0.39 is 10.7 Å². The van der Waals surface area contributed by atoms with Crippen LogP contribution in [0.4, 0.5) is 27.5 Å². The minimum atomic E-state index is -0.634. The second-order valence-corrected chi connectivity index (χ2v) is 4.37. The number of halogens is 2. The molecule has 7 nitrogen and oxygen atoms in total. The van der Waals surface area contributed by atoms with Crippen LogP contribution in [0.15, 0.2) is 24.4 Å². The van der Waals surface area contributed by atoms with Crippen molar-refractivity contribution in [2.24, 2.45) is 0 Å². The van der Waals surface area contributed by atoms with Crippen LogP contribution in [0.2, 0.25) is 5.02 Å². The first kappa shape index (κ1) is 14.9. The molecule has 0 aliphatic carbocycles. The number of hydrogen-bond donors (Lipinski definition) is 2. The van der Waals surface area contributed by atoms with Gasteiger partial charge in [-0.3, -0.25) is 10.1 Å². The van der Waals surface area contributed by atoms with E-state index in [-0.39, 0.29) is 28.2 Å². The van der Waals surface area contributed by atoms with E-state index >= 15 is 0 Å². The molecule has 2 aromatic rings. The van der Waals surface area contributed by atoms with Crippen molar-refractivity contribution in [3.05, 3.63) is 45.4 Å². The fraction of sp³-hybridized carbons (Fsp3) is 0.167. The van der Waals surface area contributed by atoms with Crippen molar-refractivity contribution < 1.29 is 9.31 Å². The molecule has 0 aliphatic heterocycles. The molecule has 0 saturated heterocycles. The molecular formula is C12H11ClFN5O2. The monoisotopic (exact) mass is 311 g/mol. The average molecular weight is 312 g/mol. The van der Waals surface area contributed by atoms with Crippen molar-refractivity contribution >= 4 is 34.7 Å². The minimum Gasteiger partial charge on any atom is -0.354 e. The van der Waals surface area contributed by atoms with E-state index in [1.165, 1.54) is 12.1 Å². The molecule has 0 amide bonds. The van der Waals surface area contributed by atoms with Crippen molar-refractivity contribution in [1.29, 1.82) is 0 Å². The standard InChI is InChI=1S/C12H11ClFN5O2/c1-2-15-12-16-6-10(19(20)21)11(18-12)17-9-5-7(14)3-4-8(9)13/h3-6H,2H2,1H3,(H2,15,16,17,18). The Labute approximate surface area is 124 Å². The molecule has 0 fully saturated rings. The molecule has 0 radical (unpaired) electrons. The van der Waals surface area contributed by atoms with E-state index in [1.54, 1.807) is 0 Å². The first-order valence-electron chi connectivity index (χ1n) is 5.98. The summed E-state index contributed by atoms with van der Waals surface area (Å²) in [4.78, 5) is 18.2.